The maximum absolute atomic E-state index is 11.8. The Morgan fingerprint density at radius 3 is 2.67 bits per heavy atom. The molecule has 0 spiro atoms. The van der Waals surface area contributed by atoms with Crippen LogP contribution < -0.4 is 0 Å². The van der Waals surface area contributed by atoms with Crippen molar-refractivity contribution in [3.05, 3.63) is 48.6 Å². The number of carbonyl (C=O) groups excluding carboxylic acids is 1. The van der Waals surface area contributed by atoms with E-state index in [1.807, 2.05) is 37.3 Å². The molecule has 1 aliphatic rings. The van der Waals surface area contributed by atoms with Gasteiger partial charge in [0.25, 0.3) is 0 Å². The molecule has 1 aromatic rings. The predicted molar refractivity (Wildman–Crippen MR) is 58.5 cm³/mol. The van der Waals surface area contributed by atoms with Gasteiger partial charge in [-0.15, -0.1) is 0 Å². The summed E-state index contributed by atoms with van der Waals surface area (Å²) in [5.74, 6) is -0.154. The largest absolute Gasteiger partial charge is 0.457 e. The van der Waals surface area contributed by atoms with Crippen molar-refractivity contribution in [1.29, 1.82) is 0 Å². The number of benzene rings is 1. The zero-order valence-corrected chi connectivity index (χ0v) is 8.77. The van der Waals surface area contributed by atoms with Gasteiger partial charge in [0.05, 0.1) is 5.41 Å². The third kappa shape index (κ3) is 1.56. The third-order valence-electron chi connectivity index (χ3n) is 2.99. The van der Waals surface area contributed by atoms with Gasteiger partial charge in [-0.2, -0.15) is 0 Å². The van der Waals surface area contributed by atoms with Crippen molar-refractivity contribution < 1.29 is 9.53 Å². The van der Waals surface area contributed by atoms with Crippen molar-refractivity contribution in [2.45, 2.75) is 24.9 Å². The summed E-state index contributed by atoms with van der Waals surface area (Å²) in [6, 6.07) is 9.75. The molecule has 1 aromatic carbocycles. The molecule has 78 valence electrons. The van der Waals surface area contributed by atoms with Crippen LogP contribution >= 0.6 is 0 Å². The highest BCUT2D eigenvalue weighted by molar-refractivity contribution is 5.85. The fourth-order valence-electron chi connectivity index (χ4n) is 1.97. The van der Waals surface area contributed by atoms with Crippen LogP contribution in [-0.4, -0.2) is 12.1 Å². The average Bonchev–Trinajstić information content (AvgIpc) is 2.57. The smallest absolute Gasteiger partial charge is 0.317 e. The molecule has 15 heavy (non-hydrogen) atoms. The second-order valence-electron chi connectivity index (χ2n) is 4.08. The summed E-state index contributed by atoms with van der Waals surface area (Å²) in [5.41, 5.74) is 0.500. The monoisotopic (exact) mass is 202 g/mol. The Morgan fingerprint density at radius 1 is 1.47 bits per heavy atom. The van der Waals surface area contributed by atoms with E-state index in [1.165, 1.54) is 0 Å². The minimum Gasteiger partial charge on any atom is -0.457 e. The summed E-state index contributed by atoms with van der Waals surface area (Å²) in [5, 5.41) is 0. The summed E-state index contributed by atoms with van der Waals surface area (Å²) in [4.78, 5) is 11.8. The van der Waals surface area contributed by atoms with E-state index in [2.05, 4.69) is 6.58 Å². The van der Waals surface area contributed by atoms with Gasteiger partial charge >= 0.3 is 5.97 Å². The number of hydrogen-bond donors (Lipinski definition) is 0. The van der Waals surface area contributed by atoms with Crippen LogP contribution in [-0.2, 0) is 14.9 Å². The lowest BCUT2D eigenvalue weighted by atomic mass is 9.80. The lowest BCUT2D eigenvalue weighted by Crippen LogP contribution is -2.27. The Bertz CT molecular complexity index is 383. The number of ether oxygens (including phenoxy) is 1. The fourth-order valence-corrected chi connectivity index (χ4v) is 1.97. The van der Waals surface area contributed by atoms with Crippen molar-refractivity contribution in [2.24, 2.45) is 0 Å². The number of rotatable bonds is 2. The van der Waals surface area contributed by atoms with E-state index in [0.717, 1.165) is 5.56 Å². The van der Waals surface area contributed by atoms with E-state index >= 15 is 0 Å². The van der Waals surface area contributed by atoms with E-state index < -0.39 is 5.41 Å². The van der Waals surface area contributed by atoms with Crippen molar-refractivity contribution in [3.8, 4) is 0 Å². The lowest BCUT2D eigenvalue weighted by Gasteiger charge is -2.18. The highest BCUT2D eigenvalue weighted by atomic mass is 16.6. The van der Waals surface area contributed by atoms with Crippen molar-refractivity contribution in [3.63, 3.8) is 0 Å². The Morgan fingerprint density at radius 2 is 2.13 bits per heavy atom. The van der Waals surface area contributed by atoms with Gasteiger partial charge in [0.15, 0.2) is 0 Å². The summed E-state index contributed by atoms with van der Waals surface area (Å²) in [6.07, 6.45) is 2.22. The molecule has 0 bridgehead atoms. The molecule has 0 unspecified atom stereocenters. The van der Waals surface area contributed by atoms with E-state index in [0.29, 0.717) is 6.42 Å². The maximum atomic E-state index is 11.8. The summed E-state index contributed by atoms with van der Waals surface area (Å²) < 4.78 is 5.22. The number of carbonyl (C=O) groups is 1. The summed E-state index contributed by atoms with van der Waals surface area (Å²) >= 11 is 0. The zero-order valence-electron chi connectivity index (χ0n) is 8.77. The van der Waals surface area contributed by atoms with Crippen LogP contribution in [0.3, 0.4) is 0 Å². The van der Waals surface area contributed by atoms with Crippen LogP contribution in [0, 0.1) is 0 Å². The first-order valence-corrected chi connectivity index (χ1v) is 5.06. The quantitative estimate of drug-likeness (QED) is 0.544. The fraction of sp³-hybridized carbons (Fsp3) is 0.308. The van der Waals surface area contributed by atoms with Gasteiger partial charge in [-0.3, -0.25) is 4.79 Å². The number of hydrogen-bond acceptors (Lipinski definition) is 2. The first-order chi connectivity index (χ1) is 7.16. The molecule has 2 rings (SSSR count). The second-order valence-corrected chi connectivity index (χ2v) is 4.08. The predicted octanol–water partition coefficient (Wildman–Crippen LogP) is 2.45. The lowest BCUT2D eigenvalue weighted by molar-refractivity contribution is -0.144. The van der Waals surface area contributed by atoms with Crippen molar-refractivity contribution in [1.82, 2.24) is 0 Å². The number of cyclic esters (lactones) is 1. The Hall–Kier alpha value is -1.57. The molecule has 0 aliphatic carbocycles. The third-order valence-corrected chi connectivity index (χ3v) is 2.99. The van der Waals surface area contributed by atoms with Crippen LogP contribution in [0.2, 0.25) is 0 Å². The molecule has 2 atom stereocenters. The van der Waals surface area contributed by atoms with Gasteiger partial charge in [0, 0.05) is 6.42 Å². The van der Waals surface area contributed by atoms with E-state index in [9.17, 15) is 4.79 Å². The highest BCUT2D eigenvalue weighted by Gasteiger charge is 2.45. The van der Waals surface area contributed by atoms with Crippen LogP contribution in [0.15, 0.2) is 43.0 Å². The molecule has 0 saturated carbocycles. The molecule has 0 N–H and O–H groups in total. The SMILES string of the molecule is C=C[C@@H]1C[C@@](C)(c2ccccc2)C(=O)O1. The first kappa shape index (κ1) is 9.97. The van der Waals surface area contributed by atoms with Gasteiger partial charge in [-0.25, -0.2) is 0 Å². The maximum Gasteiger partial charge on any atom is 0.317 e. The van der Waals surface area contributed by atoms with Crippen molar-refractivity contribution in [2.75, 3.05) is 0 Å². The Labute approximate surface area is 89.6 Å². The number of esters is 1. The molecular formula is C13H14O2. The molecule has 2 nitrogen and oxygen atoms in total. The van der Waals surface area contributed by atoms with Gasteiger partial charge in [0.2, 0.25) is 0 Å². The van der Waals surface area contributed by atoms with Gasteiger partial charge in [0.1, 0.15) is 6.10 Å². The molecule has 1 aliphatic heterocycles. The molecule has 1 saturated heterocycles. The minimum atomic E-state index is -0.514. The normalized spacial score (nSPS) is 29.9. The molecule has 1 heterocycles. The minimum absolute atomic E-state index is 0.150. The van der Waals surface area contributed by atoms with E-state index in [1.54, 1.807) is 6.08 Å². The van der Waals surface area contributed by atoms with Gasteiger partial charge in [-0.05, 0) is 12.5 Å². The second kappa shape index (κ2) is 3.54. The summed E-state index contributed by atoms with van der Waals surface area (Å²) in [7, 11) is 0. The van der Waals surface area contributed by atoms with Crippen LogP contribution in [0.4, 0.5) is 0 Å². The molecule has 0 aromatic heterocycles. The molecule has 2 heteroatoms. The first-order valence-electron chi connectivity index (χ1n) is 5.06. The highest BCUT2D eigenvalue weighted by Crippen LogP contribution is 2.37. The van der Waals surface area contributed by atoms with E-state index in [-0.39, 0.29) is 12.1 Å². The van der Waals surface area contributed by atoms with Crippen molar-refractivity contribution >= 4 is 5.97 Å². The molecule has 0 radical (unpaired) electrons. The van der Waals surface area contributed by atoms with Gasteiger partial charge < -0.3 is 4.74 Å². The standard InChI is InChI=1S/C13H14O2/c1-3-11-9-13(2,12(14)15-11)10-7-5-4-6-8-10/h3-8,11H,1,9H2,2H3/t11-,13+/m1/s1. The van der Waals surface area contributed by atoms with Gasteiger partial charge in [-0.1, -0.05) is 43.0 Å². The molecular weight excluding hydrogens is 188 g/mol. The van der Waals surface area contributed by atoms with Crippen LogP contribution in [0.25, 0.3) is 0 Å². The Balaban J connectivity index is 2.35. The zero-order chi connectivity index (χ0) is 10.9. The Kier molecular flexibility index (Phi) is 2.35. The molecule has 0 amide bonds. The topological polar surface area (TPSA) is 26.3 Å². The molecule has 1 fully saturated rings. The van der Waals surface area contributed by atoms with Crippen LogP contribution in [0.5, 0.6) is 0 Å². The average molecular weight is 202 g/mol. The van der Waals surface area contributed by atoms with E-state index in [4.69, 9.17) is 4.74 Å². The van der Waals surface area contributed by atoms with Crippen LogP contribution in [0.1, 0.15) is 18.9 Å². The summed E-state index contributed by atoms with van der Waals surface area (Å²) in [6.45, 7) is 5.58.